The van der Waals surface area contributed by atoms with Gasteiger partial charge in [-0.05, 0) is 78.9 Å². The molecular weight excluding hydrogens is 967 g/mol. The van der Waals surface area contributed by atoms with Gasteiger partial charge in [-0.15, -0.1) is 0 Å². The van der Waals surface area contributed by atoms with Gasteiger partial charge in [0.25, 0.3) is 0 Å². The highest BCUT2D eigenvalue weighted by Gasteiger charge is 2.29. The van der Waals surface area contributed by atoms with Gasteiger partial charge in [0.15, 0.2) is 5.82 Å². The van der Waals surface area contributed by atoms with E-state index in [1.165, 1.54) is 5.39 Å². The predicted molar refractivity (Wildman–Crippen MR) is 322 cm³/mol. The summed E-state index contributed by atoms with van der Waals surface area (Å²) in [5.41, 5.74) is 15.9. The number of aromatic nitrogens is 6. The predicted octanol–water partition coefficient (Wildman–Crippen LogP) is 18.0. The summed E-state index contributed by atoms with van der Waals surface area (Å²) in [4.78, 5) is 10.7. The molecule has 366 valence electrons. The first-order chi connectivity index (χ1) is 39.2. The number of hydrogen-bond donors (Lipinski definition) is 0. The standard InChI is InChI=1S/C71H41N7O/c72-42-54-61(77-58-34-18-13-29-52(58)65-60(77)39-37-49-47-26-10-15-31-55(47)76(68(49)65)46-24-8-3-9-25-46)40-44(67-66-53-30-14-19-35-63(53)79-71(66)74-70(73-67)43-20-4-1-5-21-43)41-62(54)78-56-32-16-11-27-48(56)50-36-38-59-64(69(50)78)51-28-12-17-33-57(51)75(59)45-22-6-2-7-23-45/h1-41H. The molecule has 0 aliphatic rings. The van der Waals surface area contributed by atoms with E-state index in [1.54, 1.807) is 0 Å². The second-order valence-corrected chi connectivity index (χ2v) is 20.3. The monoisotopic (exact) mass is 1010 g/mol. The van der Waals surface area contributed by atoms with Crippen LogP contribution in [0, 0.1) is 11.3 Å². The Kier molecular flexibility index (Phi) is 9.03. The number of furan rings is 1. The van der Waals surface area contributed by atoms with Crippen LogP contribution in [0.5, 0.6) is 0 Å². The van der Waals surface area contributed by atoms with Gasteiger partial charge < -0.3 is 22.7 Å². The molecule has 17 rings (SSSR count). The molecule has 0 saturated carbocycles. The minimum Gasteiger partial charge on any atom is -0.438 e. The molecule has 0 fully saturated rings. The topological polar surface area (TPSA) is 82.4 Å². The van der Waals surface area contributed by atoms with E-state index in [4.69, 9.17) is 14.4 Å². The molecule has 0 radical (unpaired) electrons. The number of rotatable bonds is 6. The average molecular weight is 1010 g/mol. The van der Waals surface area contributed by atoms with E-state index in [2.05, 4.69) is 225 Å². The lowest BCUT2D eigenvalue weighted by atomic mass is 10.00. The zero-order valence-corrected chi connectivity index (χ0v) is 42.2. The Balaban J connectivity index is 1.08. The maximum Gasteiger partial charge on any atom is 0.231 e. The first kappa shape index (κ1) is 43.3. The summed E-state index contributed by atoms with van der Waals surface area (Å²) < 4.78 is 16.1. The molecule has 0 amide bonds. The van der Waals surface area contributed by atoms with Crippen molar-refractivity contribution in [3.63, 3.8) is 0 Å². The van der Waals surface area contributed by atoms with Crippen molar-refractivity contribution in [3.8, 4) is 51.5 Å². The highest BCUT2D eigenvalue weighted by atomic mass is 16.3. The summed E-state index contributed by atoms with van der Waals surface area (Å²) >= 11 is 0. The highest BCUT2D eigenvalue weighted by Crippen LogP contribution is 2.48. The van der Waals surface area contributed by atoms with Gasteiger partial charge in [-0.1, -0.05) is 170 Å². The Morgan fingerprint density at radius 2 is 0.797 bits per heavy atom. The van der Waals surface area contributed by atoms with Crippen LogP contribution < -0.4 is 0 Å². The van der Waals surface area contributed by atoms with Crippen LogP contribution in [0.4, 0.5) is 0 Å². The molecule has 0 spiro atoms. The second kappa shape index (κ2) is 16.5. The largest absolute Gasteiger partial charge is 0.438 e. The zero-order valence-electron chi connectivity index (χ0n) is 42.2. The van der Waals surface area contributed by atoms with Crippen molar-refractivity contribution in [1.29, 1.82) is 5.26 Å². The number of para-hydroxylation sites is 7. The third kappa shape index (κ3) is 6.07. The minimum absolute atomic E-state index is 0.484. The SMILES string of the molecule is N#Cc1c(-n2c3ccccc3c3c2ccc2c4ccccc4n(-c4ccccc4)c23)cc(-c2nc(-c3ccccc3)nc3oc4ccccc4c23)cc1-n1c2ccccc2c2ccc3c(c4ccccc4n3-c3ccccc3)c21. The number of nitrogens with zero attached hydrogens (tertiary/aromatic N) is 7. The van der Waals surface area contributed by atoms with Crippen LogP contribution in [0.25, 0.3) is 155 Å². The molecule has 0 N–H and O–H groups in total. The summed E-state index contributed by atoms with van der Waals surface area (Å²) in [5.74, 6) is 0.537. The van der Waals surface area contributed by atoms with Crippen LogP contribution in [0.15, 0.2) is 253 Å². The van der Waals surface area contributed by atoms with Crippen LogP contribution in [-0.4, -0.2) is 28.2 Å². The van der Waals surface area contributed by atoms with Crippen LogP contribution in [0.3, 0.4) is 0 Å². The number of nitriles is 1. The molecule has 11 aromatic carbocycles. The quantitative estimate of drug-likeness (QED) is 0.166. The maximum atomic E-state index is 12.3. The number of hydrogen-bond acceptors (Lipinski definition) is 4. The Morgan fingerprint density at radius 1 is 0.342 bits per heavy atom. The molecule has 0 aliphatic carbocycles. The molecule has 0 saturated heterocycles. The lowest BCUT2D eigenvalue weighted by Crippen LogP contribution is -2.06. The molecule has 6 aromatic heterocycles. The minimum atomic E-state index is 0.484. The van der Waals surface area contributed by atoms with Gasteiger partial charge in [-0.25, -0.2) is 4.98 Å². The normalized spacial score (nSPS) is 12.0. The van der Waals surface area contributed by atoms with E-state index in [1.807, 2.05) is 48.5 Å². The molecule has 6 heterocycles. The van der Waals surface area contributed by atoms with Crippen LogP contribution in [0.2, 0.25) is 0 Å². The maximum absolute atomic E-state index is 12.3. The van der Waals surface area contributed by atoms with E-state index in [9.17, 15) is 5.26 Å². The van der Waals surface area contributed by atoms with Crippen molar-refractivity contribution in [3.05, 3.63) is 254 Å². The van der Waals surface area contributed by atoms with E-state index < -0.39 is 0 Å². The third-order valence-electron chi connectivity index (χ3n) is 16.2. The van der Waals surface area contributed by atoms with Crippen LogP contribution in [-0.2, 0) is 0 Å². The summed E-state index contributed by atoms with van der Waals surface area (Å²) in [6.07, 6.45) is 0. The molecule has 79 heavy (non-hydrogen) atoms. The van der Waals surface area contributed by atoms with Crippen molar-refractivity contribution >= 4 is 109 Å². The number of fused-ring (bicyclic) bond motifs is 17. The zero-order chi connectivity index (χ0) is 51.9. The summed E-state index contributed by atoms with van der Waals surface area (Å²) in [6, 6.07) is 90.2. The van der Waals surface area contributed by atoms with E-state index in [0.717, 1.165) is 121 Å². The first-order valence-corrected chi connectivity index (χ1v) is 26.6. The van der Waals surface area contributed by atoms with Crippen molar-refractivity contribution in [2.75, 3.05) is 0 Å². The Bertz CT molecular complexity index is 5440. The molecule has 0 unspecified atom stereocenters. The van der Waals surface area contributed by atoms with Gasteiger partial charge in [-0.3, -0.25) is 0 Å². The van der Waals surface area contributed by atoms with Gasteiger partial charge in [0.2, 0.25) is 5.71 Å². The fourth-order valence-electron chi connectivity index (χ4n) is 13.0. The smallest absolute Gasteiger partial charge is 0.231 e. The molecule has 8 heteroatoms. The second-order valence-electron chi connectivity index (χ2n) is 20.3. The Hall–Kier alpha value is -11.0. The van der Waals surface area contributed by atoms with Crippen molar-refractivity contribution in [1.82, 2.24) is 28.2 Å². The summed E-state index contributed by atoms with van der Waals surface area (Å²) in [5, 5.41) is 22.8. The molecule has 0 atom stereocenters. The molecular formula is C71H41N7O. The fourth-order valence-corrected chi connectivity index (χ4v) is 13.0. The molecule has 17 aromatic rings. The van der Waals surface area contributed by atoms with Gasteiger partial charge in [0.05, 0.1) is 66.6 Å². The van der Waals surface area contributed by atoms with E-state index >= 15 is 0 Å². The number of benzene rings is 11. The molecule has 8 nitrogen and oxygen atoms in total. The average Bonchev–Trinajstić information content (AvgIpc) is 4.52. The lowest BCUT2D eigenvalue weighted by Gasteiger charge is -2.19. The summed E-state index contributed by atoms with van der Waals surface area (Å²) in [6.45, 7) is 0. The van der Waals surface area contributed by atoms with Crippen LogP contribution >= 0.6 is 0 Å². The Morgan fingerprint density at radius 3 is 1.41 bits per heavy atom. The van der Waals surface area contributed by atoms with Gasteiger partial charge in [0, 0.05) is 71.0 Å². The van der Waals surface area contributed by atoms with Crippen LogP contribution in [0.1, 0.15) is 5.56 Å². The van der Waals surface area contributed by atoms with E-state index in [-0.39, 0.29) is 0 Å². The molecule has 0 bridgehead atoms. The first-order valence-electron chi connectivity index (χ1n) is 26.6. The van der Waals surface area contributed by atoms with Gasteiger partial charge >= 0.3 is 0 Å². The third-order valence-corrected chi connectivity index (χ3v) is 16.2. The Labute approximate surface area is 450 Å². The van der Waals surface area contributed by atoms with Crippen molar-refractivity contribution < 1.29 is 4.42 Å². The van der Waals surface area contributed by atoms with Gasteiger partial charge in [-0.2, -0.15) is 10.2 Å². The van der Waals surface area contributed by atoms with Gasteiger partial charge in [0.1, 0.15) is 17.2 Å². The van der Waals surface area contributed by atoms with Crippen molar-refractivity contribution in [2.24, 2.45) is 0 Å². The lowest BCUT2D eigenvalue weighted by molar-refractivity contribution is 0.653. The van der Waals surface area contributed by atoms with E-state index in [0.29, 0.717) is 34.1 Å². The van der Waals surface area contributed by atoms with Crippen molar-refractivity contribution in [2.45, 2.75) is 0 Å². The fraction of sp³-hybridized carbons (Fsp3) is 0. The highest BCUT2D eigenvalue weighted by molar-refractivity contribution is 6.28. The molecule has 0 aliphatic heterocycles. The summed E-state index contributed by atoms with van der Waals surface area (Å²) in [7, 11) is 0.